The molecule has 2 aromatic rings. The number of pyridine rings is 1. The van der Waals surface area contributed by atoms with Crippen molar-refractivity contribution in [3.05, 3.63) is 23.2 Å². The highest BCUT2D eigenvalue weighted by Crippen LogP contribution is 2.36. The van der Waals surface area contributed by atoms with Crippen molar-refractivity contribution in [3.63, 3.8) is 0 Å². The predicted molar refractivity (Wildman–Crippen MR) is 71.0 cm³/mol. The first-order chi connectivity index (χ1) is 8.77. The van der Waals surface area contributed by atoms with Crippen LogP contribution < -0.4 is 0 Å². The van der Waals surface area contributed by atoms with Gasteiger partial charge in [-0.1, -0.05) is 0 Å². The summed E-state index contributed by atoms with van der Waals surface area (Å²) >= 11 is 1.27. The van der Waals surface area contributed by atoms with E-state index in [1.54, 1.807) is 18.3 Å². The monoisotopic (exact) mass is 262 g/mol. The molecule has 1 saturated heterocycles. The molecule has 1 amide bonds. The Hall–Kier alpha value is -1.62. The Morgan fingerprint density at radius 3 is 2.83 bits per heavy atom. The minimum atomic E-state index is -0.0600. The van der Waals surface area contributed by atoms with Crippen LogP contribution in [0.3, 0.4) is 0 Å². The third kappa shape index (κ3) is 1.84. The molecule has 0 spiro atoms. The van der Waals surface area contributed by atoms with E-state index in [0.29, 0.717) is 10.3 Å². The molecule has 0 atom stereocenters. The Labute approximate surface area is 109 Å². The van der Waals surface area contributed by atoms with Gasteiger partial charge in [-0.2, -0.15) is 0 Å². The fraction of sp³-hybridized carbons (Fsp3) is 0.385. The SMILES string of the molecule is O=C(c1sc2ncccc2c1O)N1CCCCC1. The summed E-state index contributed by atoms with van der Waals surface area (Å²) in [6, 6.07) is 3.56. The highest BCUT2D eigenvalue weighted by atomic mass is 32.1. The number of aromatic nitrogens is 1. The van der Waals surface area contributed by atoms with Crippen molar-refractivity contribution in [2.75, 3.05) is 13.1 Å². The van der Waals surface area contributed by atoms with Crippen LogP contribution in [0.1, 0.15) is 28.9 Å². The molecule has 0 bridgehead atoms. The van der Waals surface area contributed by atoms with E-state index in [9.17, 15) is 9.90 Å². The van der Waals surface area contributed by atoms with Gasteiger partial charge in [0.05, 0.1) is 5.39 Å². The molecule has 94 valence electrons. The highest BCUT2D eigenvalue weighted by Gasteiger charge is 2.24. The number of likely N-dealkylation sites (tertiary alicyclic amines) is 1. The zero-order valence-corrected chi connectivity index (χ0v) is 10.7. The van der Waals surface area contributed by atoms with Crippen LogP contribution in [0.2, 0.25) is 0 Å². The van der Waals surface area contributed by atoms with E-state index in [2.05, 4.69) is 4.98 Å². The van der Waals surface area contributed by atoms with E-state index < -0.39 is 0 Å². The summed E-state index contributed by atoms with van der Waals surface area (Å²) in [6.07, 6.45) is 4.96. The van der Waals surface area contributed by atoms with Gasteiger partial charge in [-0.25, -0.2) is 4.98 Å². The molecule has 0 aromatic carbocycles. The summed E-state index contributed by atoms with van der Waals surface area (Å²) < 4.78 is 0. The van der Waals surface area contributed by atoms with Gasteiger partial charge in [0.15, 0.2) is 0 Å². The molecule has 1 aliphatic rings. The molecule has 1 fully saturated rings. The molecule has 3 heterocycles. The molecular weight excluding hydrogens is 248 g/mol. The molecule has 1 N–H and O–H groups in total. The minimum Gasteiger partial charge on any atom is -0.506 e. The first-order valence-corrected chi connectivity index (χ1v) is 6.95. The topological polar surface area (TPSA) is 53.4 Å². The molecule has 2 aromatic heterocycles. The lowest BCUT2D eigenvalue weighted by atomic mass is 10.1. The van der Waals surface area contributed by atoms with Crippen molar-refractivity contribution in [1.29, 1.82) is 0 Å². The Bertz CT molecular complexity index is 588. The second-order valence-electron chi connectivity index (χ2n) is 4.49. The van der Waals surface area contributed by atoms with Crippen LogP contribution in [-0.4, -0.2) is 34.0 Å². The van der Waals surface area contributed by atoms with Gasteiger partial charge < -0.3 is 10.0 Å². The average molecular weight is 262 g/mol. The van der Waals surface area contributed by atoms with E-state index in [-0.39, 0.29) is 11.7 Å². The molecule has 0 aliphatic carbocycles. The summed E-state index contributed by atoms with van der Waals surface area (Å²) in [7, 11) is 0. The average Bonchev–Trinajstić information content (AvgIpc) is 2.77. The first-order valence-electron chi connectivity index (χ1n) is 6.13. The standard InChI is InChI=1S/C13H14N2O2S/c16-10-9-5-4-6-14-12(9)18-11(10)13(17)15-7-2-1-3-8-15/h4-6,16H,1-3,7-8H2. The maximum absolute atomic E-state index is 12.3. The van der Waals surface area contributed by atoms with Crippen LogP contribution in [0.5, 0.6) is 5.75 Å². The van der Waals surface area contributed by atoms with Gasteiger partial charge in [-0.3, -0.25) is 4.79 Å². The van der Waals surface area contributed by atoms with Crippen molar-refractivity contribution in [3.8, 4) is 5.75 Å². The molecule has 3 rings (SSSR count). The van der Waals surface area contributed by atoms with Crippen LogP contribution in [0.25, 0.3) is 10.2 Å². The van der Waals surface area contributed by atoms with Gasteiger partial charge in [0, 0.05) is 19.3 Å². The van der Waals surface area contributed by atoms with E-state index in [1.807, 2.05) is 4.90 Å². The van der Waals surface area contributed by atoms with Crippen molar-refractivity contribution in [2.24, 2.45) is 0 Å². The maximum atomic E-state index is 12.3. The molecule has 18 heavy (non-hydrogen) atoms. The molecule has 0 radical (unpaired) electrons. The van der Waals surface area contributed by atoms with Crippen LogP contribution in [0, 0.1) is 0 Å². The normalized spacial score (nSPS) is 16.1. The highest BCUT2D eigenvalue weighted by molar-refractivity contribution is 7.20. The van der Waals surface area contributed by atoms with Crippen molar-refractivity contribution < 1.29 is 9.90 Å². The second-order valence-corrected chi connectivity index (χ2v) is 5.49. The lowest BCUT2D eigenvalue weighted by molar-refractivity contribution is 0.0726. The van der Waals surface area contributed by atoms with E-state index in [4.69, 9.17) is 0 Å². The van der Waals surface area contributed by atoms with E-state index >= 15 is 0 Å². The number of hydrogen-bond donors (Lipinski definition) is 1. The van der Waals surface area contributed by atoms with E-state index in [1.165, 1.54) is 17.8 Å². The number of carbonyl (C=O) groups excluding carboxylic acids is 1. The number of piperidine rings is 1. The molecule has 0 unspecified atom stereocenters. The lowest BCUT2D eigenvalue weighted by Crippen LogP contribution is -2.35. The number of rotatable bonds is 1. The number of carbonyl (C=O) groups is 1. The van der Waals surface area contributed by atoms with Crippen LogP contribution in [0.15, 0.2) is 18.3 Å². The molecule has 4 nitrogen and oxygen atoms in total. The van der Waals surface area contributed by atoms with Crippen molar-refractivity contribution >= 4 is 27.5 Å². The second kappa shape index (κ2) is 4.57. The largest absolute Gasteiger partial charge is 0.506 e. The van der Waals surface area contributed by atoms with Crippen molar-refractivity contribution in [2.45, 2.75) is 19.3 Å². The van der Waals surface area contributed by atoms with Gasteiger partial charge in [-0.15, -0.1) is 11.3 Å². The lowest BCUT2D eigenvalue weighted by Gasteiger charge is -2.26. The number of nitrogens with zero attached hydrogens (tertiary/aromatic N) is 2. The smallest absolute Gasteiger partial charge is 0.267 e. The van der Waals surface area contributed by atoms with E-state index in [0.717, 1.165) is 30.8 Å². The Morgan fingerprint density at radius 1 is 1.33 bits per heavy atom. The molecule has 5 heteroatoms. The number of thiophene rings is 1. The minimum absolute atomic E-state index is 0.0600. The van der Waals surface area contributed by atoms with Gasteiger partial charge in [0.2, 0.25) is 0 Å². The zero-order chi connectivity index (χ0) is 12.5. The zero-order valence-electron chi connectivity index (χ0n) is 9.93. The number of fused-ring (bicyclic) bond motifs is 1. The summed E-state index contributed by atoms with van der Waals surface area (Å²) in [4.78, 5) is 19.5. The van der Waals surface area contributed by atoms with Gasteiger partial charge in [0.1, 0.15) is 15.5 Å². The summed E-state index contributed by atoms with van der Waals surface area (Å²) in [5.41, 5.74) is 0. The number of hydrogen-bond acceptors (Lipinski definition) is 4. The Kier molecular flexibility index (Phi) is 2.91. The fourth-order valence-electron chi connectivity index (χ4n) is 2.31. The molecular formula is C13H14N2O2S. The van der Waals surface area contributed by atoms with Crippen LogP contribution >= 0.6 is 11.3 Å². The first kappa shape index (κ1) is 11.5. The summed E-state index contributed by atoms with van der Waals surface area (Å²) in [5, 5.41) is 10.8. The molecule has 1 aliphatic heterocycles. The third-order valence-electron chi connectivity index (χ3n) is 3.28. The third-order valence-corrected chi connectivity index (χ3v) is 4.37. The number of amides is 1. The Balaban J connectivity index is 1.98. The quantitative estimate of drug-likeness (QED) is 0.859. The summed E-state index contributed by atoms with van der Waals surface area (Å²) in [6.45, 7) is 1.58. The van der Waals surface area contributed by atoms with Gasteiger partial charge >= 0.3 is 0 Å². The Morgan fingerprint density at radius 2 is 2.11 bits per heavy atom. The van der Waals surface area contributed by atoms with Gasteiger partial charge in [-0.05, 0) is 31.4 Å². The predicted octanol–water partition coefficient (Wildman–Crippen LogP) is 2.63. The van der Waals surface area contributed by atoms with Crippen LogP contribution in [0.4, 0.5) is 0 Å². The molecule has 0 saturated carbocycles. The van der Waals surface area contributed by atoms with Crippen LogP contribution in [-0.2, 0) is 0 Å². The van der Waals surface area contributed by atoms with Gasteiger partial charge in [0.25, 0.3) is 5.91 Å². The van der Waals surface area contributed by atoms with Crippen molar-refractivity contribution in [1.82, 2.24) is 9.88 Å². The fourth-order valence-corrected chi connectivity index (χ4v) is 3.31. The maximum Gasteiger partial charge on any atom is 0.267 e. The number of aromatic hydroxyl groups is 1. The summed E-state index contributed by atoms with van der Waals surface area (Å²) in [5.74, 6) is 0.0221.